The molecule has 1 aliphatic rings. The molecule has 0 bridgehead atoms. The molecule has 1 fully saturated rings. The topological polar surface area (TPSA) is 98.8 Å². The second-order valence-electron chi connectivity index (χ2n) is 7.25. The van der Waals surface area contributed by atoms with Gasteiger partial charge in [0.2, 0.25) is 0 Å². The second kappa shape index (κ2) is 9.63. The molecule has 1 N–H and O–H groups in total. The largest absolute Gasteiger partial charge is 0.545 e. The first kappa shape index (κ1) is 22.8. The lowest BCUT2D eigenvalue weighted by atomic mass is 10.1. The summed E-state index contributed by atoms with van der Waals surface area (Å²) >= 11 is 5.08. The first-order chi connectivity index (χ1) is 16.3. The number of carbonyl (C=O) groups excluding carboxylic acids is 3. The highest BCUT2D eigenvalue weighted by atomic mass is 32.1. The Morgan fingerprint density at radius 3 is 2.50 bits per heavy atom. The summed E-state index contributed by atoms with van der Waals surface area (Å²) < 4.78 is 19.9. The number of aromatic carboxylic acids is 1. The van der Waals surface area contributed by atoms with Crippen LogP contribution in [0.4, 0.5) is 10.1 Å². The zero-order valence-electron chi connectivity index (χ0n) is 17.5. The summed E-state index contributed by atoms with van der Waals surface area (Å²) in [6, 6.07) is 18.4. The quantitative estimate of drug-likeness (QED) is 0.334. The molecule has 3 aromatic carbocycles. The first-order valence-corrected chi connectivity index (χ1v) is 10.4. The van der Waals surface area contributed by atoms with Crippen LogP contribution in [0.5, 0.6) is 5.75 Å². The molecule has 34 heavy (non-hydrogen) atoms. The Morgan fingerprint density at radius 2 is 1.79 bits per heavy atom. The number of carboxylic acids is 1. The zero-order chi connectivity index (χ0) is 24.2. The van der Waals surface area contributed by atoms with Crippen LogP contribution in [0.1, 0.15) is 21.5 Å². The smallest absolute Gasteiger partial charge is 0.270 e. The van der Waals surface area contributed by atoms with Crippen molar-refractivity contribution in [1.82, 2.24) is 5.32 Å². The molecular weight excluding hydrogens is 459 g/mol. The number of hydrogen-bond acceptors (Lipinski definition) is 6. The van der Waals surface area contributed by atoms with E-state index in [0.29, 0.717) is 16.9 Å². The fourth-order valence-electron chi connectivity index (χ4n) is 3.29. The summed E-state index contributed by atoms with van der Waals surface area (Å²) in [5.74, 6) is -2.85. The predicted octanol–water partition coefficient (Wildman–Crippen LogP) is 2.60. The Morgan fingerprint density at radius 1 is 1.06 bits per heavy atom. The van der Waals surface area contributed by atoms with Gasteiger partial charge in [-0.05, 0) is 65.3 Å². The fraction of sp³-hybridized carbons (Fsp3) is 0.0400. The molecule has 1 saturated heterocycles. The normalized spacial score (nSPS) is 14.8. The van der Waals surface area contributed by atoms with E-state index in [2.05, 4.69) is 5.32 Å². The molecule has 0 radical (unpaired) electrons. The lowest BCUT2D eigenvalue weighted by Gasteiger charge is -2.29. The van der Waals surface area contributed by atoms with Crippen molar-refractivity contribution < 1.29 is 28.6 Å². The van der Waals surface area contributed by atoms with Crippen LogP contribution in [-0.4, -0.2) is 22.9 Å². The lowest BCUT2D eigenvalue weighted by Crippen LogP contribution is -2.54. The maximum atomic E-state index is 14.2. The van der Waals surface area contributed by atoms with E-state index in [1.807, 2.05) is 0 Å². The van der Waals surface area contributed by atoms with Crippen LogP contribution in [0.2, 0.25) is 0 Å². The van der Waals surface area contributed by atoms with Crippen molar-refractivity contribution in [2.24, 2.45) is 0 Å². The third-order valence-corrected chi connectivity index (χ3v) is 5.24. The van der Waals surface area contributed by atoms with Gasteiger partial charge in [-0.3, -0.25) is 14.9 Å². The second-order valence-corrected chi connectivity index (χ2v) is 7.64. The standard InChI is InChI=1S/C25H17FN2O5S/c26-20-6-1-2-7-21(20)28-23(30)19(22(29)27-25(28)34)13-15-8-10-18(11-9-15)33-14-16-4-3-5-17(12-16)24(31)32/h1-13H,14H2,(H,31,32)(H,27,29,34)/p-1/b19-13-. The molecule has 7 nitrogen and oxygen atoms in total. The summed E-state index contributed by atoms with van der Waals surface area (Å²) in [4.78, 5) is 37.3. The predicted molar refractivity (Wildman–Crippen MR) is 124 cm³/mol. The SMILES string of the molecule is O=C1NC(=S)N(c2ccccc2F)C(=O)/C1=C\c1ccc(OCc2cccc(C(=O)[O-])c2)cc1. The van der Waals surface area contributed by atoms with Crippen molar-refractivity contribution >= 4 is 46.9 Å². The minimum absolute atomic E-state index is 0.0578. The van der Waals surface area contributed by atoms with Crippen molar-refractivity contribution in [3.05, 3.63) is 101 Å². The van der Waals surface area contributed by atoms with E-state index in [-0.39, 0.29) is 28.5 Å². The Labute approximate surface area is 199 Å². The highest BCUT2D eigenvalue weighted by molar-refractivity contribution is 7.80. The van der Waals surface area contributed by atoms with Gasteiger partial charge in [-0.2, -0.15) is 0 Å². The first-order valence-electron chi connectivity index (χ1n) is 10.0. The monoisotopic (exact) mass is 475 g/mol. The Balaban J connectivity index is 1.51. The van der Waals surface area contributed by atoms with Gasteiger partial charge >= 0.3 is 0 Å². The van der Waals surface area contributed by atoms with Gasteiger partial charge in [-0.15, -0.1) is 0 Å². The van der Waals surface area contributed by atoms with Gasteiger partial charge in [0.1, 0.15) is 23.7 Å². The molecule has 170 valence electrons. The molecule has 1 aliphatic heterocycles. The average Bonchev–Trinajstić information content (AvgIpc) is 2.82. The zero-order valence-corrected chi connectivity index (χ0v) is 18.3. The fourth-order valence-corrected chi connectivity index (χ4v) is 3.56. The number of anilines is 1. The third-order valence-electron chi connectivity index (χ3n) is 4.95. The maximum absolute atomic E-state index is 14.2. The minimum atomic E-state index is -1.27. The number of benzene rings is 3. The number of nitrogens with one attached hydrogen (secondary N) is 1. The number of halogens is 1. The van der Waals surface area contributed by atoms with Crippen LogP contribution in [0.25, 0.3) is 6.08 Å². The van der Waals surface area contributed by atoms with Gasteiger partial charge < -0.3 is 14.6 Å². The van der Waals surface area contributed by atoms with Crippen LogP contribution < -0.4 is 20.1 Å². The third kappa shape index (κ3) is 4.84. The summed E-state index contributed by atoms with van der Waals surface area (Å²) in [5, 5.41) is 13.2. The summed E-state index contributed by atoms with van der Waals surface area (Å²) in [5.41, 5.74) is 0.981. The Hall–Kier alpha value is -4.37. The number of carbonyl (C=O) groups is 3. The summed E-state index contributed by atoms with van der Waals surface area (Å²) in [7, 11) is 0. The molecule has 9 heteroatoms. The van der Waals surface area contributed by atoms with Crippen molar-refractivity contribution in [1.29, 1.82) is 0 Å². The summed E-state index contributed by atoms with van der Waals surface area (Å²) in [6.45, 7) is 0.136. The van der Waals surface area contributed by atoms with Crippen LogP contribution in [-0.2, 0) is 16.2 Å². The Bertz CT molecular complexity index is 1340. The van der Waals surface area contributed by atoms with E-state index in [1.165, 1.54) is 36.4 Å². The van der Waals surface area contributed by atoms with Gasteiger partial charge in [0.15, 0.2) is 5.11 Å². The van der Waals surface area contributed by atoms with Crippen LogP contribution in [0.3, 0.4) is 0 Å². The van der Waals surface area contributed by atoms with Crippen molar-refractivity contribution in [3.8, 4) is 5.75 Å². The molecule has 0 unspecified atom stereocenters. The van der Waals surface area contributed by atoms with Crippen molar-refractivity contribution in [2.75, 3.05) is 4.90 Å². The Kier molecular flexibility index (Phi) is 6.46. The van der Waals surface area contributed by atoms with E-state index in [9.17, 15) is 23.9 Å². The molecule has 2 amide bonds. The van der Waals surface area contributed by atoms with Crippen LogP contribution in [0.15, 0.2) is 78.4 Å². The van der Waals surface area contributed by atoms with Gasteiger partial charge in [0.05, 0.1) is 11.7 Å². The maximum Gasteiger partial charge on any atom is 0.270 e. The number of carboxylic acid groups (broad SMARTS) is 1. The molecule has 3 aromatic rings. The number of amides is 2. The molecule has 0 atom stereocenters. The molecule has 0 aromatic heterocycles. The molecule has 0 aliphatic carbocycles. The number of ether oxygens (including phenoxy) is 1. The minimum Gasteiger partial charge on any atom is -0.545 e. The molecular formula is C25H16FN2O5S-. The van der Waals surface area contributed by atoms with Gasteiger partial charge in [-0.25, -0.2) is 9.29 Å². The highest BCUT2D eigenvalue weighted by Crippen LogP contribution is 2.25. The molecule has 1 heterocycles. The number of nitrogens with zero attached hydrogens (tertiary/aromatic N) is 1. The number of hydrogen-bond donors (Lipinski definition) is 1. The molecule has 0 saturated carbocycles. The van der Waals surface area contributed by atoms with Gasteiger partial charge in [0.25, 0.3) is 11.8 Å². The van der Waals surface area contributed by atoms with Crippen molar-refractivity contribution in [2.45, 2.75) is 6.61 Å². The van der Waals surface area contributed by atoms with Crippen molar-refractivity contribution in [3.63, 3.8) is 0 Å². The number of para-hydroxylation sites is 1. The van der Waals surface area contributed by atoms with E-state index >= 15 is 0 Å². The average molecular weight is 475 g/mol. The van der Waals surface area contributed by atoms with E-state index in [1.54, 1.807) is 42.5 Å². The molecule has 4 rings (SSSR count). The lowest BCUT2D eigenvalue weighted by molar-refractivity contribution is -0.255. The van der Waals surface area contributed by atoms with E-state index < -0.39 is 23.6 Å². The number of rotatable bonds is 6. The van der Waals surface area contributed by atoms with Crippen LogP contribution in [0, 0.1) is 5.82 Å². The summed E-state index contributed by atoms with van der Waals surface area (Å²) in [6.07, 6.45) is 1.38. The molecule has 0 spiro atoms. The van der Waals surface area contributed by atoms with E-state index in [0.717, 1.165) is 4.90 Å². The number of thiocarbonyl (C=S) groups is 1. The van der Waals surface area contributed by atoms with E-state index in [4.69, 9.17) is 17.0 Å². The van der Waals surface area contributed by atoms with Gasteiger partial charge in [-0.1, -0.05) is 42.5 Å². The van der Waals surface area contributed by atoms with Crippen LogP contribution >= 0.6 is 12.2 Å². The highest BCUT2D eigenvalue weighted by Gasteiger charge is 2.35. The van der Waals surface area contributed by atoms with Gasteiger partial charge in [0, 0.05) is 0 Å².